The van der Waals surface area contributed by atoms with E-state index < -0.39 is 17.9 Å². The molecule has 0 saturated heterocycles. The maximum absolute atomic E-state index is 12.4. The van der Waals surface area contributed by atoms with E-state index in [1.165, 1.54) is 0 Å². The van der Waals surface area contributed by atoms with Crippen LogP contribution in [0.15, 0.2) is 54.6 Å². The number of carboxylic acids is 1. The number of rotatable bonds is 9. The van der Waals surface area contributed by atoms with E-state index in [9.17, 15) is 14.4 Å². The van der Waals surface area contributed by atoms with Crippen LogP contribution in [-0.2, 0) is 22.4 Å². The first kappa shape index (κ1) is 22.4. The Balaban J connectivity index is 1.61. The molecule has 3 rings (SSSR count). The van der Waals surface area contributed by atoms with Crippen LogP contribution in [0.5, 0.6) is 0 Å². The van der Waals surface area contributed by atoms with Crippen molar-refractivity contribution in [2.45, 2.75) is 25.3 Å². The van der Waals surface area contributed by atoms with Crippen molar-refractivity contribution in [3.63, 3.8) is 0 Å². The zero-order valence-electron chi connectivity index (χ0n) is 17.2. The summed E-state index contributed by atoms with van der Waals surface area (Å²) in [5.74, 6) is -1.19. The maximum Gasteiger partial charge on any atom is 0.331 e. The zero-order chi connectivity index (χ0) is 23.3. The van der Waals surface area contributed by atoms with Crippen LogP contribution in [0, 0.1) is 0 Å². The van der Waals surface area contributed by atoms with Gasteiger partial charge in [-0.1, -0.05) is 24.8 Å². The molecular weight excluding hydrogens is 410 g/mol. The van der Waals surface area contributed by atoms with Crippen molar-refractivity contribution in [2.24, 2.45) is 0 Å². The van der Waals surface area contributed by atoms with E-state index in [2.05, 4.69) is 21.9 Å². The highest BCUT2D eigenvalue weighted by Crippen LogP contribution is 2.21. The molecule has 1 amide bonds. The fourth-order valence-corrected chi connectivity index (χ4v) is 3.22. The lowest BCUT2D eigenvalue weighted by Crippen LogP contribution is -2.36. The van der Waals surface area contributed by atoms with Gasteiger partial charge in [0, 0.05) is 22.9 Å². The number of carbonyl (C=O) groups is 3. The van der Waals surface area contributed by atoms with Gasteiger partial charge >= 0.3 is 5.97 Å². The van der Waals surface area contributed by atoms with Crippen LogP contribution in [0.25, 0.3) is 10.9 Å². The quantitative estimate of drug-likeness (QED) is 0.294. The molecule has 0 saturated carbocycles. The molecule has 0 aliphatic rings. The first-order valence-corrected chi connectivity index (χ1v) is 9.84. The van der Waals surface area contributed by atoms with Gasteiger partial charge in [-0.25, -0.2) is 9.78 Å². The van der Waals surface area contributed by atoms with Crippen LogP contribution in [0.2, 0.25) is 0 Å². The Hall–Kier alpha value is -4.27. The van der Waals surface area contributed by atoms with E-state index in [-0.39, 0.29) is 17.9 Å². The second-order valence-electron chi connectivity index (χ2n) is 7.34. The van der Waals surface area contributed by atoms with Gasteiger partial charge in [0.1, 0.15) is 12.1 Å². The largest absolute Gasteiger partial charge is 0.478 e. The number of aldehydes is 1. The maximum atomic E-state index is 12.4. The number of aromatic nitrogens is 2. The van der Waals surface area contributed by atoms with Gasteiger partial charge in [-0.15, -0.1) is 0 Å². The van der Waals surface area contributed by atoms with E-state index in [1.54, 1.807) is 12.1 Å². The lowest BCUT2D eigenvalue weighted by molar-refractivity contribution is -0.132. The summed E-state index contributed by atoms with van der Waals surface area (Å²) in [6.45, 7) is 3.38. The van der Waals surface area contributed by atoms with Gasteiger partial charge in [0.2, 0.25) is 5.95 Å². The van der Waals surface area contributed by atoms with Gasteiger partial charge < -0.3 is 26.7 Å². The molecule has 9 nitrogen and oxygen atoms in total. The fraction of sp³-hybridized carbons (Fsp3) is 0.174. The molecule has 164 valence electrons. The predicted molar refractivity (Wildman–Crippen MR) is 121 cm³/mol. The average molecular weight is 433 g/mol. The number of aliphatic carboxylic acids is 1. The number of carboxylic acid groups (broad SMARTS) is 1. The molecule has 2 aromatic carbocycles. The summed E-state index contributed by atoms with van der Waals surface area (Å²) < 4.78 is 0. The van der Waals surface area contributed by atoms with Crippen LogP contribution < -0.4 is 16.8 Å². The number of fused-ring (bicyclic) bond motifs is 1. The van der Waals surface area contributed by atoms with Crippen molar-refractivity contribution in [2.75, 3.05) is 11.5 Å². The third kappa shape index (κ3) is 5.45. The molecule has 0 aliphatic heterocycles. The van der Waals surface area contributed by atoms with Crippen LogP contribution in [0.4, 0.5) is 11.8 Å². The number of nitrogens with one attached hydrogen (secondary N) is 1. The molecule has 32 heavy (non-hydrogen) atoms. The van der Waals surface area contributed by atoms with Crippen molar-refractivity contribution in [1.29, 1.82) is 0 Å². The second kappa shape index (κ2) is 9.69. The summed E-state index contributed by atoms with van der Waals surface area (Å²) in [6, 6.07) is 11.8. The number of aryl methyl sites for hydroxylation is 2. The SMILES string of the molecule is C=C(CC(C=O)NC(=O)c1ccc(CCc2ccc3nc(N)nc(N)c3c2)cc1)C(=O)O. The number of nitrogen functional groups attached to an aromatic ring is 2. The highest BCUT2D eigenvalue weighted by Gasteiger charge is 2.17. The third-order valence-electron chi connectivity index (χ3n) is 4.97. The van der Waals surface area contributed by atoms with Gasteiger partial charge in [-0.05, 0) is 48.2 Å². The molecule has 6 N–H and O–H groups in total. The van der Waals surface area contributed by atoms with E-state index in [4.69, 9.17) is 16.6 Å². The third-order valence-corrected chi connectivity index (χ3v) is 4.97. The summed E-state index contributed by atoms with van der Waals surface area (Å²) >= 11 is 0. The zero-order valence-corrected chi connectivity index (χ0v) is 17.2. The van der Waals surface area contributed by atoms with E-state index in [0.717, 1.165) is 29.4 Å². The van der Waals surface area contributed by atoms with Gasteiger partial charge in [-0.3, -0.25) is 4.79 Å². The monoisotopic (exact) mass is 433 g/mol. The molecule has 0 fully saturated rings. The smallest absolute Gasteiger partial charge is 0.331 e. The normalized spacial score (nSPS) is 11.6. The molecule has 0 bridgehead atoms. The lowest BCUT2D eigenvalue weighted by atomic mass is 10.0. The Kier molecular flexibility index (Phi) is 6.79. The average Bonchev–Trinajstić information content (AvgIpc) is 2.77. The first-order valence-electron chi connectivity index (χ1n) is 9.84. The van der Waals surface area contributed by atoms with Crippen molar-refractivity contribution in [3.05, 3.63) is 71.3 Å². The van der Waals surface area contributed by atoms with Crippen LogP contribution >= 0.6 is 0 Å². The fourth-order valence-electron chi connectivity index (χ4n) is 3.22. The Bertz CT molecular complexity index is 1190. The molecule has 1 aromatic heterocycles. The number of amides is 1. The van der Waals surface area contributed by atoms with E-state index in [1.807, 2.05) is 30.3 Å². The van der Waals surface area contributed by atoms with Crippen LogP contribution in [0.1, 0.15) is 27.9 Å². The van der Waals surface area contributed by atoms with Crippen molar-refractivity contribution in [3.8, 4) is 0 Å². The highest BCUT2D eigenvalue weighted by atomic mass is 16.4. The molecular formula is C23H23N5O4. The minimum atomic E-state index is -1.21. The molecule has 9 heteroatoms. The summed E-state index contributed by atoms with van der Waals surface area (Å²) in [7, 11) is 0. The van der Waals surface area contributed by atoms with E-state index in [0.29, 0.717) is 23.2 Å². The summed E-state index contributed by atoms with van der Waals surface area (Å²) in [4.78, 5) is 42.5. The van der Waals surface area contributed by atoms with Crippen LogP contribution in [-0.4, -0.2) is 39.3 Å². The van der Waals surface area contributed by atoms with Crippen molar-refractivity contribution in [1.82, 2.24) is 15.3 Å². The van der Waals surface area contributed by atoms with Gasteiger partial charge in [0.25, 0.3) is 5.91 Å². The molecule has 0 radical (unpaired) electrons. The summed E-state index contributed by atoms with van der Waals surface area (Å²) in [5, 5.41) is 12.1. The molecule has 1 atom stereocenters. The summed E-state index contributed by atoms with van der Waals surface area (Å²) in [6.07, 6.45) is 1.82. The number of nitrogens with zero attached hydrogens (tertiary/aromatic N) is 2. The Labute approximate surface area is 184 Å². The molecule has 0 aliphatic carbocycles. The highest BCUT2D eigenvalue weighted by molar-refractivity contribution is 5.96. The lowest BCUT2D eigenvalue weighted by Gasteiger charge is -2.13. The number of anilines is 2. The predicted octanol–water partition coefficient (Wildman–Crippen LogP) is 1.91. The summed E-state index contributed by atoms with van der Waals surface area (Å²) in [5.41, 5.74) is 14.6. The molecule has 0 spiro atoms. The topological polar surface area (TPSA) is 161 Å². The first-order chi connectivity index (χ1) is 15.3. The molecule has 3 aromatic rings. The number of hydrogen-bond donors (Lipinski definition) is 4. The van der Waals surface area contributed by atoms with E-state index >= 15 is 0 Å². The number of nitrogens with two attached hydrogens (primary N) is 2. The Morgan fingerprint density at radius 3 is 2.38 bits per heavy atom. The van der Waals surface area contributed by atoms with Crippen molar-refractivity contribution < 1.29 is 19.5 Å². The number of benzene rings is 2. The van der Waals surface area contributed by atoms with Gasteiger partial charge in [0.05, 0.1) is 11.6 Å². The Morgan fingerprint density at radius 2 is 1.72 bits per heavy atom. The molecule has 1 heterocycles. The second-order valence-corrected chi connectivity index (χ2v) is 7.34. The number of carbonyl (C=O) groups excluding carboxylic acids is 2. The minimum Gasteiger partial charge on any atom is -0.478 e. The van der Waals surface area contributed by atoms with Gasteiger partial charge in [0.15, 0.2) is 0 Å². The molecule has 1 unspecified atom stereocenters. The van der Waals surface area contributed by atoms with Crippen molar-refractivity contribution >= 4 is 40.8 Å². The number of hydrogen-bond acceptors (Lipinski definition) is 7. The van der Waals surface area contributed by atoms with Gasteiger partial charge in [-0.2, -0.15) is 4.98 Å². The van der Waals surface area contributed by atoms with Crippen LogP contribution in [0.3, 0.4) is 0 Å². The Morgan fingerprint density at radius 1 is 1.06 bits per heavy atom. The minimum absolute atomic E-state index is 0.137. The standard InChI is InChI=1S/C23H23N5O4/c1-13(22(31)32)10-17(12-29)26-21(30)16-7-4-14(5-8-16)2-3-15-6-9-19-18(11-15)20(24)28-23(25)27-19/h4-9,11-12,17H,1-3,10H2,(H,26,30)(H,31,32)(H4,24,25,27,28).